The molecule has 0 amide bonds. The summed E-state index contributed by atoms with van der Waals surface area (Å²) in [6.07, 6.45) is 2.48. The van der Waals surface area contributed by atoms with E-state index in [1.54, 1.807) is 11.8 Å². The molecule has 4 aromatic rings. The van der Waals surface area contributed by atoms with Crippen molar-refractivity contribution in [2.75, 3.05) is 11.1 Å². The fraction of sp³-hybridized carbons (Fsp3) is 0.167. The van der Waals surface area contributed by atoms with Gasteiger partial charge in [0.1, 0.15) is 6.33 Å². The lowest BCUT2D eigenvalue weighted by atomic mass is 10.1. The maximum Gasteiger partial charge on any atom is 0.175 e. The van der Waals surface area contributed by atoms with Gasteiger partial charge in [0, 0.05) is 20.3 Å². The summed E-state index contributed by atoms with van der Waals surface area (Å²) in [7, 11) is 0. The monoisotopic (exact) mass is 539 g/mol. The van der Waals surface area contributed by atoms with Crippen molar-refractivity contribution in [3.63, 3.8) is 0 Å². The number of aryl methyl sites for hydroxylation is 1. The van der Waals surface area contributed by atoms with Gasteiger partial charge in [-0.3, -0.25) is 0 Å². The minimum absolute atomic E-state index is 0.419. The van der Waals surface area contributed by atoms with Crippen LogP contribution in [0.4, 0.5) is 5.82 Å². The lowest BCUT2D eigenvalue weighted by Gasteiger charge is -2.09. The van der Waals surface area contributed by atoms with E-state index in [1.165, 1.54) is 25.6 Å². The van der Waals surface area contributed by atoms with Crippen molar-refractivity contribution in [3.05, 3.63) is 46.3 Å². The number of anilines is 1. The van der Waals surface area contributed by atoms with Crippen LogP contribution in [0.5, 0.6) is 0 Å². The van der Waals surface area contributed by atoms with E-state index in [2.05, 4.69) is 89.5 Å². The molecule has 0 spiro atoms. The number of hydrogen-bond donors (Lipinski definition) is 1. The van der Waals surface area contributed by atoms with Crippen molar-refractivity contribution in [3.8, 4) is 0 Å². The van der Waals surface area contributed by atoms with Crippen molar-refractivity contribution in [1.29, 1.82) is 0 Å². The Morgan fingerprint density at radius 2 is 1.92 bits per heavy atom. The molecule has 0 bridgehead atoms. The molecule has 0 fully saturated rings. The minimum atomic E-state index is 0.419. The van der Waals surface area contributed by atoms with Gasteiger partial charge in [-0.1, -0.05) is 52.0 Å². The number of imidazole rings is 1. The molecule has 2 heterocycles. The fourth-order valence-electron chi connectivity index (χ4n) is 2.80. The summed E-state index contributed by atoms with van der Waals surface area (Å²) in [5.41, 5.74) is 7.47. The van der Waals surface area contributed by atoms with Crippen LogP contribution in [0, 0.1) is 3.57 Å². The smallest absolute Gasteiger partial charge is 0.175 e. The highest BCUT2D eigenvalue weighted by molar-refractivity contribution is 14.1. The summed E-state index contributed by atoms with van der Waals surface area (Å²) in [4.78, 5) is 14.4. The van der Waals surface area contributed by atoms with Gasteiger partial charge in [0.2, 0.25) is 0 Å². The molecule has 0 unspecified atom stereocenters. The van der Waals surface area contributed by atoms with Crippen LogP contribution < -0.4 is 5.73 Å². The molecule has 2 aromatic heterocycles. The quantitative estimate of drug-likeness (QED) is 0.282. The van der Waals surface area contributed by atoms with E-state index in [0.29, 0.717) is 11.3 Å². The van der Waals surface area contributed by atoms with E-state index >= 15 is 0 Å². The van der Waals surface area contributed by atoms with Gasteiger partial charge < -0.3 is 10.3 Å². The van der Waals surface area contributed by atoms with Gasteiger partial charge in [-0.25, -0.2) is 15.0 Å². The summed E-state index contributed by atoms with van der Waals surface area (Å²) in [5, 5.41) is 4.27. The molecule has 0 aliphatic heterocycles. The first kappa shape index (κ1) is 18.0. The second-order valence-electron chi connectivity index (χ2n) is 5.75. The zero-order valence-corrected chi connectivity index (χ0v) is 18.3. The summed E-state index contributed by atoms with van der Waals surface area (Å²) >= 11 is 7.53. The van der Waals surface area contributed by atoms with Crippen LogP contribution in [-0.2, 0) is 6.54 Å². The van der Waals surface area contributed by atoms with E-state index in [-0.39, 0.29) is 0 Å². The lowest BCUT2D eigenvalue weighted by Crippen LogP contribution is -2.02. The summed E-state index contributed by atoms with van der Waals surface area (Å²) in [5.74, 6) is 0.419. The Kier molecular flexibility index (Phi) is 5.32. The third-order valence-electron chi connectivity index (χ3n) is 4.04. The van der Waals surface area contributed by atoms with Crippen molar-refractivity contribution in [2.24, 2.45) is 0 Å². The largest absolute Gasteiger partial charge is 0.382 e. The fourth-order valence-corrected chi connectivity index (χ4v) is 4.84. The van der Waals surface area contributed by atoms with Gasteiger partial charge in [-0.2, -0.15) is 0 Å². The minimum Gasteiger partial charge on any atom is -0.382 e. The average molecular weight is 540 g/mol. The molecule has 5 nitrogen and oxygen atoms in total. The number of nitrogens with zero attached hydrogens (tertiary/aromatic N) is 4. The molecule has 0 atom stereocenters. The van der Waals surface area contributed by atoms with E-state index in [4.69, 9.17) is 10.7 Å². The number of fused-ring (bicyclic) bond motifs is 2. The SMILES string of the molecule is Nc1ncnc2c1nc(Sc1cc3ccccc3cc1I)n2CCCBr. The third-order valence-corrected chi connectivity index (χ3v) is 6.91. The highest BCUT2D eigenvalue weighted by Gasteiger charge is 2.17. The molecule has 2 N–H and O–H groups in total. The van der Waals surface area contributed by atoms with Gasteiger partial charge in [-0.05, 0) is 51.9 Å². The number of rotatable bonds is 5. The second kappa shape index (κ2) is 7.69. The molecule has 132 valence electrons. The van der Waals surface area contributed by atoms with Crippen LogP contribution in [0.2, 0.25) is 0 Å². The molecule has 0 aliphatic rings. The Morgan fingerprint density at radius 3 is 2.69 bits per heavy atom. The molecular weight excluding hydrogens is 525 g/mol. The van der Waals surface area contributed by atoms with E-state index in [9.17, 15) is 0 Å². The van der Waals surface area contributed by atoms with Crippen LogP contribution in [0.15, 0.2) is 52.8 Å². The normalized spacial score (nSPS) is 11.5. The highest BCUT2D eigenvalue weighted by Crippen LogP contribution is 2.35. The molecule has 26 heavy (non-hydrogen) atoms. The zero-order chi connectivity index (χ0) is 18.1. The molecule has 0 aliphatic carbocycles. The van der Waals surface area contributed by atoms with Gasteiger partial charge in [0.05, 0.1) is 0 Å². The van der Waals surface area contributed by atoms with Gasteiger partial charge in [0.25, 0.3) is 0 Å². The lowest BCUT2D eigenvalue weighted by molar-refractivity contribution is 0.638. The number of nitrogen functional groups attached to an aromatic ring is 1. The number of hydrogen-bond acceptors (Lipinski definition) is 5. The first-order chi connectivity index (χ1) is 12.7. The Morgan fingerprint density at radius 1 is 1.15 bits per heavy atom. The van der Waals surface area contributed by atoms with Crippen LogP contribution in [0.3, 0.4) is 0 Å². The molecule has 2 aromatic carbocycles. The van der Waals surface area contributed by atoms with Crippen LogP contribution in [0.25, 0.3) is 21.9 Å². The summed E-state index contributed by atoms with van der Waals surface area (Å²) in [6, 6.07) is 12.8. The van der Waals surface area contributed by atoms with Gasteiger partial charge in [0.15, 0.2) is 22.1 Å². The van der Waals surface area contributed by atoms with Crippen molar-refractivity contribution < 1.29 is 0 Å². The molecular formula is C18H15BrIN5S. The van der Waals surface area contributed by atoms with E-state index in [0.717, 1.165) is 29.1 Å². The average Bonchev–Trinajstić information content (AvgIpc) is 2.99. The Balaban J connectivity index is 1.81. The number of aromatic nitrogens is 4. The van der Waals surface area contributed by atoms with Crippen molar-refractivity contribution in [2.45, 2.75) is 23.0 Å². The zero-order valence-electron chi connectivity index (χ0n) is 13.7. The predicted molar refractivity (Wildman–Crippen MR) is 119 cm³/mol. The Bertz CT molecular complexity index is 1100. The first-order valence-electron chi connectivity index (χ1n) is 8.06. The van der Waals surface area contributed by atoms with E-state index < -0.39 is 0 Å². The van der Waals surface area contributed by atoms with Crippen LogP contribution >= 0.6 is 50.3 Å². The number of benzene rings is 2. The highest BCUT2D eigenvalue weighted by atomic mass is 127. The summed E-state index contributed by atoms with van der Waals surface area (Å²) < 4.78 is 3.33. The standard InChI is InChI=1S/C18H15BrIN5S/c19-6-3-7-25-17-15(16(21)22-10-23-17)24-18(25)26-14-9-12-5-2-1-4-11(12)8-13(14)20/h1-2,4-5,8-10H,3,6-7H2,(H2,21,22,23). The third kappa shape index (κ3) is 3.41. The van der Waals surface area contributed by atoms with Crippen LogP contribution in [-0.4, -0.2) is 24.8 Å². The van der Waals surface area contributed by atoms with E-state index in [1.807, 2.05) is 0 Å². The van der Waals surface area contributed by atoms with Crippen LogP contribution in [0.1, 0.15) is 6.42 Å². The predicted octanol–water partition coefficient (Wildman–Crippen LogP) is 5.10. The summed E-state index contributed by atoms with van der Waals surface area (Å²) in [6.45, 7) is 0.824. The van der Waals surface area contributed by atoms with Crippen molar-refractivity contribution in [1.82, 2.24) is 19.5 Å². The number of halogens is 2. The maximum absolute atomic E-state index is 6.02. The number of nitrogens with two attached hydrogens (primary N) is 1. The topological polar surface area (TPSA) is 69.6 Å². The van der Waals surface area contributed by atoms with Crippen molar-refractivity contribution >= 4 is 78.0 Å². The second-order valence-corrected chi connectivity index (χ2v) is 8.72. The molecule has 4 rings (SSSR count). The van der Waals surface area contributed by atoms with Gasteiger partial charge in [-0.15, -0.1) is 0 Å². The number of alkyl halides is 1. The Hall–Kier alpha value is -1.39. The molecule has 0 saturated heterocycles. The molecule has 8 heteroatoms. The Labute approximate surface area is 177 Å². The van der Waals surface area contributed by atoms with Gasteiger partial charge >= 0.3 is 0 Å². The molecule has 0 saturated carbocycles. The molecule has 0 radical (unpaired) electrons. The first-order valence-corrected chi connectivity index (χ1v) is 11.1. The maximum atomic E-state index is 6.02.